The molecule has 0 bridgehead atoms. The Bertz CT molecular complexity index is 2150. The Kier molecular flexibility index (Phi) is 9.19. The third-order valence-corrected chi connectivity index (χ3v) is 8.13. The average molecular weight is 798 g/mol. The van der Waals surface area contributed by atoms with Crippen LogP contribution in [0.15, 0.2) is 104 Å². The molecule has 2 aromatic heterocycles. The van der Waals surface area contributed by atoms with Crippen molar-refractivity contribution in [3.63, 3.8) is 0 Å². The number of ether oxygens (including phenoxy) is 2. The van der Waals surface area contributed by atoms with Crippen LogP contribution in [0.4, 0.5) is 5.69 Å². The minimum absolute atomic E-state index is 0.234. The van der Waals surface area contributed by atoms with Crippen LogP contribution in [0.5, 0.6) is 11.5 Å². The van der Waals surface area contributed by atoms with E-state index < -0.39 is 0 Å². The fraction of sp³-hybridized carbons (Fsp3) is 0.0909. The molecule has 4 aromatic carbocycles. The Morgan fingerprint density at radius 3 is 2.69 bits per heavy atom. The molecule has 0 atom stereocenters. The summed E-state index contributed by atoms with van der Waals surface area (Å²) in [6, 6.07) is 24.9. The molecule has 0 aliphatic heterocycles. The molecular weight excluding hydrogens is 775 g/mol. The van der Waals surface area contributed by atoms with Crippen LogP contribution in [0.3, 0.4) is 0 Å². The fourth-order valence-electron chi connectivity index (χ4n) is 4.57. The van der Waals surface area contributed by atoms with Crippen LogP contribution < -0.4 is 20.3 Å². The van der Waals surface area contributed by atoms with E-state index in [9.17, 15) is 9.59 Å². The summed E-state index contributed by atoms with van der Waals surface area (Å²) in [5.41, 5.74) is 2.08. The number of furan rings is 1. The van der Waals surface area contributed by atoms with Gasteiger partial charge in [-0.05, 0) is 108 Å². The van der Waals surface area contributed by atoms with Crippen molar-refractivity contribution in [2.24, 2.45) is 5.10 Å². The van der Waals surface area contributed by atoms with Crippen molar-refractivity contribution >= 4 is 89.8 Å². The molecule has 0 aliphatic carbocycles. The summed E-state index contributed by atoms with van der Waals surface area (Å²) in [6.07, 6.45) is 1.54. The van der Waals surface area contributed by atoms with Crippen molar-refractivity contribution in [1.29, 1.82) is 0 Å². The van der Waals surface area contributed by atoms with Gasteiger partial charge in [0.05, 0.1) is 27.3 Å². The number of anilines is 1. The number of rotatable bonds is 9. The number of aromatic nitrogens is 2. The highest BCUT2D eigenvalue weighted by Gasteiger charge is 2.18. The van der Waals surface area contributed by atoms with E-state index in [1.54, 1.807) is 54.7 Å². The summed E-state index contributed by atoms with van der Waals surface area (Å²) in [5.74, 6) is 1.16. The van der Waals surface area contributed by atoms with Crippen LogP contribution in [-0.2, 0) is 4.79 Å². The Hall–Kier alpha value is -4.20. The molecule has 0 saturated carbocycles. The normalized spacial score (nSPS) is 11.4. The number of carbonyl (C=O) groups is 1. The van der Waals surface area contributed by atoms with Gasteiger partial charge in [0, 0.05) is 20.6 Å². The number of carbonyl (C=O) groups excluding carboxylic acids is 1. The molecule has 6 aromatic rings. The van der Waals surface area contributed by atoms with Gasteiger partial charge in [0.1, 0.15) is 5.58 Å². The van der Waals surface area contributed by atoms with Crippen LogP contribution in [-0.4, -0.2) is 35.0 Å². The topological polar surface area (TPSA) is 108 Å². The molecule has 0 aliphatic rings. The van der Waals surface area contributed by atoms with Crippen molar-refractivity contribution in [1.82, 2.24) is 9.66 Å². The van der Waals surface area contributed by atoms with Crippen molar-refractivity contribution in [2.75, 3.05) is 18.5 Å². The number of halogens is 3. The molecule has 0 saturated heterocycles. The van der Waals surface area contributed by atoms with Gasteiger partial charge in [0.2, 0.25) is 5.82 Å². The highest BCUT2D eigenvalue weighted by molar-refractivity contribution is 14.1. The quantitative estimate of drug-likeness (QED) is 0.117. The van der Waals surface area contributed by atoms with Crippen molar-refractivity contribution in [2.45, 2.75) is 6.92 Å². The number of amides is 1. The van der Waals surface area contributed by atoms with Crippen LogP contribution in [0.1, 0.15) is 12.5 Å². The van der Waals surface area contributed by atoms with Gasteiger partial charge in [-0.3, -0.25) is 9.59 Å². The first-order valence-electron chi connectivity index (χ1n) is 13.7. The smallest absolute Gasteiger partial charge is 0.282 e. The minimum atomic E-state index is -0.347. The second-order valence-electron chi connectivity index (χ2n) is 9.71. The van der Waals surface area contributed by atoms with E-state index in [0.717, 1.165) is 9.86 Å². The number of nitrogens with one attached hydrogen (secondary N) is 1. The van der Waals surface area contributed by atoms with Gasteiger partial charge in [-0.1, -0.05) is 39.7 Å². The molecule has 0 spiro atoms. The first-order chi connectivity index (χ1) is 21.8. The van der Waals surface area contributed by atoms with E-state index in [1.807, 2.05) is 43.3 Å². The predicted molar refractivity (Wildman–Crippen MR) is 188 cm³/mol. The molecule has 0 unspecified atom stereocenters. The van der Waals surface area contributed by atoms with Crippen LogP contribution in [0, 0.1) is 3.57 Å². The SMILES string of the molecule is CCOc1cc(C=Nn2c(-c3cc4cc(Br)ccc4o3)nc3ccccc3c2=O)cc(I)c1OCC(=O)Nc1ccc(Cl)cc1. The second kappa shape index (κ2) is 13.4. The zero-order chi connectivity index (χ0) is 31.5. The zero-order valence-corrected chi connectivity index (χ0v) is 28.1. The molecule has 1 N–H and O–H groups in total. The Balaban J connectivity index is 1.33. The summed E-state index contributed by atoms with van der Waals surface area (Å²) in [5, 5.41) is 9.18. The predicted octanol–water partition coefficient (Wildman–Crippen LogP) is 8.13. The molecule has 0 radical (unpaired) electrons. The standard InChI is InChI=1S/C33H23BrClIN4O5/c1-2-43-28-14-19(13-25(36)31(28)44-18-30(41)38-23-10-8-22(35)9-11-23)17-37-40-32(39-26-6-4-3-5-24(26)33(40)42)29-16-20-15-21(34)7-12-27(20)45-29/h3-17H,2,18H2,1H3,(H,38,41). The Morgan fingerprint density at radius 1 is 1.09 bits per heavy atom. The molecule has 2 heterocycles. The van der Waals surface area contributed by atoms with E-state index in [-0.39, 0.29) is 23.9 Å². The molecular formula is C33H23BrClIN4O5. The number of hydrogen-bond acceptors (Lipinski definition) is 7. The summed E-state index contributed by atoms with van der Waals surface area (Å²) in [7, 11) is 0. The fourth-order valence-corrected chi connectivity index (χ4v) is 5.86. The van der Waals surface area contributed by atoms with Crippen molar-refractivity contribution in [3.8, 4) is 23.1 Å². The maximum absolute atomic E-state index is 13.7. The number of benzene rings is 4. The molecule has 12 heteroatoms. The van der Waals surface area contributed by atoms with Gasteiger partial charge in [0.25, 0.3) is 11.5 Å². The van der Waals surface area contributed by atoms with Crippen molar-refractivity contribution < 1.29 is 18.7 Å². The molecule has 9 nitrogen and oxygen atoms in total. The lowest BCUT2D eigenvalue weighted by Crippen LogP contribution is -2.21. The van der Waals surface area contributed by atoms with Gasteiger partial charge in [0.15, 0.2) is 23.9 Å². The summed E-state index contributed by atoms with van der Waals surface area (Å²) < 4.78 is 20.6. The summed E-state index contributed by atoms with van der Waals surface area (Å²) in [4.78, 5) is 31.0. The molecule has 1 amide bonds. The molecule has 6 rings (SSSR count). The van der Waals surface area contributed by atoms with Gasteiger partial charge < -0.3 is 19.2 Å². The first kappa shape index (κ1) is 30.8. The Morgan fingerprint density at radius 2 is 1.89 bits per heavy atom. The van der Waals surface area contributed by atoms with E-state index >= 15 is 0 Å². The summed E-state index contributed by atoms with van der Waals surface area (Å²) in [6.45, 7) is 1.98. The minimum Gasteiger partial charge on any atom is -0.490 e. The number of hydrogen-bond donors (Lipinski definition) is 1. The van der Waals surface area contributed by atoms with Gasteiger partial charge in [-0.15, -0.1) is 0 Å². The highest BCUT2D eigenvalue weighted by atomic mass is 127. The van der Waals surface area contributed by atoms with E-state index in [2.05, 4.69) is 48.9 Å². The second-order valence-corrected chi connectivity index (χ2v) is 12.2. The van der Waals surface area contributed by atoms with Gasteiger partial charge in [-0.25, -0.2) is 4.98 Å². The highest BCUT2D eigenvalue weighted by Crippen LogP contribution is 2.34. The maximum Gasteiger partial charge on any atom is 0.282 e. The monoisotopic (exact) mass is 796 g/mol. The third kappa shape index (κ3) is 6.90. The Labute approximate surface area is 284 Å². The number of fused-ring (bicyclic) bond motifs is 2. The molecule has 0 fully saturated rings. The largest absolute Gasteiger partial charge is 0.490 e. The number of para-hydroxylation sites is 1. The lowest BCUT2D eigenvalue weighted by molar-refractivity contribution is -0.118. The zero-order valence-electron chi connectivity index (χ0n) is 23.6. The number of nitrogens with zero attached hydrogens (tertiary/aromatic N) is 3. The van der Waals surface area contributed by atoms with Crippen LogP contribution in [0.25, 0.3) is 33.5 Å². The lowest BCUT2D eigenvalue weighted by Gasteiger charge is -2.15. The molecule has 45 heavy (non-hydrogen) atoms. The van der Waals surface area contributed by atoms with Crippen molar-refractivity contribution in [3.05, 3.63) is 114 Å². The van der Waals surface area contributed by atoms with Gasteiger partial charge >= 0.3 is 0 Å². The maximum atomic E-state index is 13.7. The van der Waals surface area contributed by atoms with E-state index in [0.29, 0.717) is 60.2 Å². The average Bonchev–Trinajstić information content (AvgIpc) is 3.44. The van der Waals surface area contributed by atoms with E-state index in [4.69, 9.17) is 30.5 Å². The van der Waals surface area contributed by atoms with Crippen LogP contribution in [0.2, 0.25) is 5.02 Å². The lowest BCUT2D eigenvalue weighted by atomic mass is 10.2. The molecule has 226 valence electrons. The summed E-state index contributed by atoms with van der Waals surface area (Å²) >= 11 is 11.5. The third-order valence-electron chi connectivity index (χ3n) is 6.58. The van der Waals surface area contributed by atoms with Gasteiger partial charge in [-0.2, -0.15) is 9.78 Å². The first-order valence-corrected chi connectivity index (χ1v) is 15.9. The van der Waals surface area contributed by atoms with E-state index in [1.165, 1.54) is 4.68 Å². The van der Waals surface area contributed by atoms with Crippen LogP contribution >= 0.6 is 50.1 Å².